The maximum absolute atomic E-state index is 12.2. The number of carbonyl (C=O) groups is 1. The zero-order chi connectivity index (χ0) is 24.7. The number of nitrogens with zero attached hydrogens (tertiary/aromatic N) is 4. The van der Waals surface area contributed by atoms with E-state index < -0.39 is 5.60 Å². The van der Waals surface area contributed by atoms with Crippen LogP contribution in [0.3, 0.4) is 0 Å². The van der Waals surface area contributed by atoms with Crippen LogP contribution in [0.2, 0.25) is 0 Å². The van der Waals surface area contributed by atoms with Gasteiger partial charge in [-0.05, 0) is 75.9 Å². The minimum absolute atomic E-state index is 0.239. The van der Waals surface area contributed by atoms with Crippen molar-refractivity contribution >= 4 is 23.7 Å². The first-order valence-electron chi connectivity index (χ1n) is 11.8. The monoisotopic (exact) mass is 476 g/mol. The third-order valence-corrected chi connectivity index (χ3v) is 5.48. The lowest BCUT2D eigenvalue weighted by molar-refractivity contribution is 0.0188. The maximum atomic E-state index is 12.2. The SMILES string of the molecule is CC(C)(C)OC(=O)N1CCC(CNc2ncnc(Nc3ccc(Oc4ccccc4)cc3)n2)CC1. The molecule has 1 amide bonds. The molecule has 0 bridgehead atoms. The molecule has 0 saturated carbocycles. The molecule has 1 fully saturated rings. The van der Waals surface area contributed by atoms with E-state index in [1.807, 2.05) is 75.4 Å². The average molecular weight is 477 g/mol. The van der Waals surface area contributed by atoms with Crippen molar-refractivity contribution in [2.24, 2.45) is 5.92 Å². The van der Waals surface area contributed by atoms with Gasteiger partial charge in [0.05, 0.1) is 0 Å². The van der Waals surface area contributed by atoms with E-state index in [0.29, 0.717) is 30.9 Å². The molecule has 2 heterocycles. The fraction of sp³-hybridized carbons (Fsp3) is 0.385. The van der Waals surface area contributed by atoms with Gasteiger partial charge in [0.25, 0.3) is 0 Å². The Kier molecular flexibility index (Phi) is 7.64. The lowest BCUT2D eigenvalue weighted by Gasteiger charge is -2.33. The molecule has 1 aliphatic rings. The van der Waals surface area contributed by atoms with Crippen LogP contribution < -0.4 is 15.4 Å². The molecule has 1 saturated heterocycles. The predicted octanol–water partition coefficient (Wildman–Crippen LogP) is 5.47. The summed E-state index contributed by atoms with van der Waals surface area (Å²) in [7, 11) is 0. The smallest absolute Gasteiger partial charge is 0.410 e. The highest BCUT2D eigenvalue weighted by Crippen LogP contribution is 2.24. The van der Waals surface area contributed by atoms with Crippen LogP contribution in [-0.4, -0.2) is 51.2 Å². The number of amides is 1. The Balaban J connectivity index is 1.24. The van der Waals surface area contributed by atoms with Gasteiger partial charge < -0.3 is 25.0 Å². The van der Waals surface area contributed by atoms with Crippen LogP contribution in [0.15, 0.2) is 60.9 Å². The number of aromatic nitrogens is 3. The number of hydrogen-bond acceptors (Lipinski definition) is 8. The van der Waals surface area contributed by atoms with Crippen molar-refractivity contribution in [3.8, 4) is 11.5 Å². The summed E-state index contributed by atoms with van der Waals surface area (Å²) < 4.78 is 11.3. The molecule has 2 N–H and O–H groups in total. The summed E-state index contributed by atoms with van der Waals surface area (Å²) in [5.74, 6) is 2.94. The number of anilines is 3. The number of hydrogen-bond donors (Lipinski definition) is 2. The molecule has 4 rings (SSSR count). The molecule has 0 unspecified atom stereocenters. The second-order valence-corrected chi connectivity index (χ2v) is 9.49. The molecule has 1 aromatic heterocycles. The highest BCUT2D eigenvalue weighted by atomic mass is 16.6. The number of likely N-dealkylation sites (tertiary alicyclic amines) is 1. The first kappa shape index (κ1) is 24.3. The van der Waals surface area contributed by atoms with E-state index in [1.165, 1.54) is 6.33 Å². The van der Waals surface area contributed by atoms with Crippen LogP contribution >= 0.6 is 0 Å². The Morgan fingerprint density at radius 3 is 2.31 bits per heavy atom. The third kappa shape index (κ3) is 7.56. The molecular weight excluding hydrogens is 444 g/mol. The van der Waals surface area contributed by atoms with Crippen molar-refractivity contribution < 1.29 is 14.3 Å². The van der Waals surface area contributed by atoms with Gasteiger partial charge in [-0.2, -0.15) is 4.98 Å². The van der Waals surface area contributed by atoms with E-state index >= 15 is 0 Å². The van der Waals surface area contributed by atoms with Gasteiger partial charge in [-0.1, -0.05) is 18.2 Å². The van der Waals surface area contributed by atoms with Gasteiger partial charge in [-0.3, -0.25) is 0 Å². The lowest BCUT2D eigenvalue weighted by Crippen LogP contribution is -2.42. The maximum Gasteiger partial charge on any atom is 0.410 e. The Labute approximate surface area is 205 Å². The quantitative estimate of drug-likeness (QED) is 0.463. The second kappa shape index (κ2) is 11.0. The molecule has 9 nitrogen and oxygen atoms in total. The van der Waals surface area contributed by atoms with Gasteiger partial charge in [0.1, 0.15) is 23.4 Å². The molecule has 9 heteroatoms. The van der Waals surface area contributed by atoms with Crippen LogP contribution in [0.25, 0.3) is 0 Å². The number of ether oxygens (including phenoxy) is 2. The van der Waals surface area contributed by atoms with Crippen molar-refractivity contribution in [1.29, 1.82) is 0 Å². The summed E-state index contributed by atoms with van der Waals surface area (Å²) in [5, 5.41) is 6.50. The fourth-order valence-corrected chi connectivity index (χ4v) is 3.68. The number of carbonyl (C=O) groups excluding carboxylic acids is 1. The van der Waals surface area contributed by atoms with E-state index in [-0.39, 0.29) is 6.09 Å². The molecule has 0 atom stereocenters. The largest absolute Gasteiger partial charge is 0.457 e. The van der Waals surface area contributed by atoms with Gasteiger partial charge in [-0.25, -0.2) is 14.8 Å². The Hall–Kier alpha value is -3.88. The van der Waals surface area contributed by atoms with Crippen LogP contribution in [-0.2, 0) is 4.74 Å². The number of para-hydroxylation sites is 1. The number of rotatable bonds is 7. The fourth-order valence-electron chi connectivity index (χ4n) is 3.68. The molecule has 35 heavy (non-hydrogen) atoms. The number of piperidine rings is 1. The topological polar surface area (TPSA) is 102 Å². The van der Waals surface area contributed by atoms with Crippen molar-refractivity contribution in [3.63, 3.8) is 0 Å². The Morgan fingerprint density at radius 1 is 0.971 bits per heavy atom. The summed E-state index contributed by atoms with van der Waals surface area (Å²) in [5.41, 5.74) is 0.370. The Morgan fingerprint density at radius 2 is 1.63 bits per heavy atom. The summed E-state index contributed by atoms with van der Waals surface area (Å²) in [6, 6.07) is 17.2. The van der Waals surface area contributed by atoms with Crippen LogP contribution in [0.5, 0.6) is 11.5 Å². The highest BCUT2D eigenvalue weighted by Gasteiger charge is 2.26. The van der Waals surface area contributed by atoms with Gasteiger partial charge in [0.15, 0.2) is 0 Å². The van der Waals surface area contributed by atoms with Crippen molar-refractivity contribution in [1.82, 2.24) is 19.9 Å². The van der Waals surface area contributed by atoms with Crippen LogP contribution in [0.1, 0.15) is 33.6 Å². The molecule has 1 aliphatic heterocycles. The van der Waals surface area contributed by atoms with Crippen LogP contribution in [0.4, 0.5) is 22.4 Å². The van der Waals surface area contributed by atoms with Crippen molar-refractivity contribution in [3.05, 3.63) is 60.9 Å². The molecule has 0 radical (unpaired) electrons. The van der Waals surface area contributed by atoms with Gasteiger partial charge in [0.2, 0.25) is 11.9 Å². The molecule has 2 aromatic carbocycles. The normalized spacial score (nSPS) is 14.3. The lowest BCUT2D eigenvalue weighted by atomic mass is 9.97. The Bertz CT molecular complexity index is 1090. The summed E-state index contributed by atoms with van der Waals surface area (Å²) >= 11 is 0. The van der Waals surface area contributed by atoms with Gasteiger partial charge in [0, 0.05) is 25.3 Å². The first-order chi connectivity index (χ1) is 16.8. The summed E-state index contributed by atoms with van der Waals surface area (Å²) in [6.45, 7) is 7.76. The van der Waals surface area contributed by atoms with E-state index in [9.17, 15) is 4.79 Å². The van der Waals surface area contributed by atoms with Crippen LogP contribution in [0, 0.1) is 5.92 Å². The minimum atomic E-state index is -0.474. The molecule has 0 spiro atoms. The van der Waals surface area contributed by atoms with Gasteiger partial charge >= 0.3 is 6.09 Å². The summed E-state index contributed by atoms with van der Waals surface area (Å²) in [6.07, 6.45) is 3.05. The number of nitrogens with one attached hydrogen (secondary N) is 2. The van der Waals surface area contributed by atoms with E-state index in [1.54, 1.807) is 4.90 Å². The minimum Gasteiger partial charge on any atom is -0.457 e. The van der Waals surface area contributed by atoms with E-state index in [4.69, 9.17) is 9.47 Å². The standard InChI is InChI=1S/C26H32N6O3/c1-26(2,3)35-25(33)32-15-13-19(14-16-32)17-27-23-28-18-29-24(31-23)30-20-9-11-22(12-10-20)34-21-7-5-4-6-8-21/h4-12,18-19H,13-17H2,1-3H3,(H2,27,28,29,30,31). The summed E-state index contributed by atoms with van der Waals surface area (Å²) in [4.78, 5) is 26.9. The van der Waals surface area contributed by atoms with Crippen molar-refractivity contribution in [2.75, 3.05) is 30.3 Å². The number of benzene rings is 2. The molecule has 3 aromatic rings. The second-order valence-electron chi connectivity index (χ2n) is 9.49. The molecule has 0 aliphatic carbocycles. The average Bonchev–Trinajstić information content (AvgIpc) is 2.84. The van der Waals surface area contributed by atoms with Gasteiger partial charge in [-0.15, -0.1) is 0 Å². The van der Waals surface area contributed by atoms with Crippen molar-refractivity contribution in [2.45, 2.75) is 39.2 Å². The highest BCUT2D eigenvalue weighted by molar-refractivity contribution is 5.68. The van der Waals surface area contributed by atoms with E-state index in [0.717, 1.165) is 36.6 Å². The first-order valence-corrected chi connectivity index (χ1v) is 11.8. The zero-order valence-corrected chi connectivity index (χ0v) is 20.4. The predicted molar refractivity (Wildman–Crippen MR) is 135 cm³/mol. The zero-order valence-electron chi connectivity index (χ0n) is 20.4. The molecule has 184 valence electrons. The van der Waals surface area contributed by atoms with E-state index in [2.05, 4.69) is 25.6 Å². The molecular formula is C26H32N6O3. The third-order valence-electron chi connectivity index (χ3n) is 5.48.